The van der Waals surface area contributed by atoms with Crippen molar-refractivity contribution in [1.82, 2.24) is 9.88 Å². The summed E-state index contributed by atoms with van der Waals surface area (Å²) < 4.78 is 0.764. The third kappa shape index (κ3) is 4.06. The Hall–Kier alpha value is -1.63. The zero-order valence-electron chi connectivity index (χ0n) is 13.3. The van der Waals surface area contributed by atoms with Crippen molar-refractivity contribution >= 4 is 44.8 Å². The largest absolute Gasteiger partial charge is 0.367 e. The van der Waals surface area contributed by atoms with Gasteiger partial charge in [-0.25, -0.2) is 0 Å². The van der Waals surface area contributed by atoms with Crippen LogP contribution in [-0.4, -0.2) is 49.0 Å². The van der Waals surface area contributed by atoms with Gasteiger partial charge in [0.05, 0.1) is 16.9 Å². The molecule has 2 aromatic rings. The molecule has 24 heavy (non-hydrogen) atoms. The smallest absolute Gasteiger partial charge is 0.257 e. The highest BCUT2D eigenvalue weighted by Gasteiger charge is 2.19. The van der Waals surface area contributed by atoms with E-state index in [1.165, 1.54) is 0 Å². The second-order valence-corrected chi connectivity index (χ2v) is 7.15. The molecule has 7 heteroatoms. The molecule has 0 aliphatic carbocycles. The third-order valence-corrected chi connectivity index (χ3v) is 4.69. The van der Waals surface area contributed by atoms with Gasteiger partial charge in [-0.15, -0.1) is 0 Å². The maximum absolute atomic E-state index is 12.5. The minimum atomic E-state index is -0.207. The number of hydrogen-bond acceptors (Lipinski definition) is 4. The molecule has 0 unspecified atom stereocenters. The molecule has 1 N–H and O–H groups in total. The first-order chi connectivity index (χ1) is 11.5. The highest BCUT2D eigenvalue weighted by molar-refractivity contribution is 9.10. The van der Waals surface area contributed by atoms with Crippen LogP contribution in [0.4, 0.5) is 11.4 Å². The summed E-state index contributed by atoms with van der Waals surface area (Å²) in [7, 11) is 2.11. The molecule has 1 amide bonds. The quantitative estimate of drug-likeness (QED) is 0.843. The third-order valence-electron chi connectivity index (χ3n) is 4.02. The van der Waals surface area contributed by atoms with Gasteiger partial charge in [0.2, 0.25) is 0 Å². The number of carbonyl (C=O) groups excluding carboxylic acids is 1. The molecule has 5 nitrogen and oxygen atoms in total. The van der Waals surface area contributed by atoms with Crippen molar-refractivity contribution in [3.05, 3.63) is 51.7 Å². The first-order valence-electron chi connectivity index (χ1n) is 7.68. The van der Waals surface area contributed by atoms with Crippen molar-refractivity contribution < 1.29 is 4.79 Å². The van der Waals surface area contributed by atoms with E-state index in [2.05, 4.69) is 43.1 Å². The molecule has 1 aromatic heterocycles. The predicted molar refractivity (Wildman–Crippen MR) is 101 cm³/mol. The minimum absolute atomic E-state index is 0.207. The van der Waals surface area contributed by atoms with Crippen molar-refractivity contribution in [1.29, 1.82) is 0 Å². The number of nitrogens with one attached hydrogen (secondary N) is 1. The van der Waals surface area contributed by atoms with Crippen LogP contribution < -0.4 is 10.2 Å². The average Bonchev–Trinajstić information content (AvgIpc) is 2.56. The van der Waals surface area contributed by atoms with E-state index in [9.17, 15) is 4.79 Å². The molecule has 1 saturated heterocycles. The minimum Gasteiger partial charge on any atom is -0.367 e. The molecule has 1 aliphatic rings. The summed E-state index contributed by atoms with van der Waals surface area (Å²) >= 11 is 9.47. The lowest BCUT2D eigenvalue weighted by atomic mass is 10.2. The van der Waals surface area contributed by atoms with Crippen LogP contribution in [0.25, 0.3) is 0 Å². The molecule has 0 bridgehead atoms. The molecule has 0 saturated carbocycles. The molecule has 0 atom stereocenters. The van der Waals surface area contributed by atoms with E-state index in [0.717, 1.165) is 42.0 Å². The van der Waals surface area contributed by atoms with Crippen molar-refractivity contribution in [3.8, 4) is 0 Å². The van der Waals surface area contributed by atoms with Gasteiger partial charge in [0.1, 0.15) is 0 Å². The number of rotatable bonds is 3. The Morgan fingerprint density at radius 1 is 1.21 bits per heavy atom. The fourth-order valence-electron chi connectivity index (χ4n) is 2.66. The zero-order valence-corrected chi connectivity index (χ0v) is 15.6. The zero-order chi connectivity index (χ0) is 17.1. The topological polar surface area (TPSA) is 48.5 Å². The summed E-state index contributed by atoms with van der Waals surface area (Å²) in [5.41, 5.74) is 2.20. The molecule has 0 radical (unpaired) electrons. The number of anilines is 2. The van der Waals surface area contributed by atoms with Gasteiger partial charge in [0.25, 0.3) is 5.91 Å². The molecular weight excluding hydrogens is 392 g/mol. The number of likely N-dealkylation sites (N-methyl/N-ethyl adjacent to an activating group) is 1. The van der Waals surface area contributed by atoms with Crippen molar-refractivity contribution in [3.63, 3.8) is 0 Å². The van der Waals surface area contributed by atoms with Crippen LogP contribution in [-0.2, 0) is 0 Å². The second kappa shape index (κ2) is 7.51. The lowest BCUT2D eigenvalue weighted by Crippen LogP contribution is -2.44. The van der Waals surface area contributed by atoms with E-state index in [1.54, 1.807) is 24.5 Å². The van der Waals surface area contributed by atoms with E-state index in [0.29, 0.717) is 10.6 Å². The maximum Gasteiger partial charge on any atom is 0.257 e. The normalized spacial score (nSPS) is 15.4. The van der Waals surface area contributed by atoms with Crippen LogP contribution >= 0.6 is 27.5 Å². The number of amides is 1. The Morgan fingerprint density at radius 3 is 2.67 bits per heavy atom. The fourth-order valence-corrected chi connectivity index (χ4v) is 3.20. The lowest BCUT2D eigenvalue weighted by molar-refractivity contribution is 0.102. The SMILES string of the molecule is CN1CCN(c2ccc(Cl)cc2NC(=O)c2cncc(Br)c2)CC1. The highest BCUT2D eigenvalue weighted by atomic mass is 79.9. The van der Waals surface area contributed by atoms with Gasteiger partial charge in [0.15, 0.2) is 0 Å². The van der Waals surface area contributed by atoms with E-state index >= 15 is 0 Å². The van der Waals surface area contributed by atoms with Gasteiger partial charge in [-0.1, -0.05) is 11.6 Å². The number of piperazine rings is 1. The monoisotopic (exact) mass is 408 g/mol. The Morgan fingerprint density at radius 2 is 1.96 bits per heavy atom. The van der Waals surface area contributed by atoms with Gasteiger partial charge in [-0.3, -0.25) is 9.78 Å². The Kier molecular flexibility index (Phi) is 5.38. The first kappa shape index (κ1) is 17.2. The molecule has 3 rings (SSSR count). The molecule has 126 valence electrons. The van der Waals surface area contributed by atoms with E-state index in [-0.39, 0.29) is 5.91 Å². The summed E-state index contributed by atoms with van der Waals surface area (Å²) in [6.07, 6.45) is 3.19. The summed E-state index contributed by atoms with van der Waals surface area (Å²) in [6, 6.07) is 7.34. The number of nitrogens with zero attached hydrogens (tertiary/aromatic N) is 3. The highest BCUT2D eigenvalue weighted by Crippen LogP contribution is 2.30. The predicted octanol–water partition coefficient (Wildman–Crippen LogP) is 3.50. The second-order valence-electron chi connectivity index (χ2n) is 5.80. The molecule has 1 fully saturated rings. The summed E-state index contributed by atoms with van der Waals surface area (Å²) in [5, 5.41) is 3.56. The molecule has 0 spiro atoms. The van der Waals surface area contributed by atoms with E-state index < -0.39 is 0 Å². The fraction of sp³-hybridized carbons (Fsp3) is 0.294. The van der Waals surface area contributed by atoms with Crippen molar-refractivity contribution in [2.75, 3.05) is 43.4 Å². The molecule has 2 heterocycles. The van der Waals surface area contributed by atoms with Crippen LogP contribution in [0.3, 0.4) is 0 Å². The van der Waals surface area contributed by atoms with Crippen LogP contribution in [0, 0.1) is 0 Å². The maximum atomic E-state index is 12.5. The van der Waals surface area contributed by atoms with Crippen LogP contribution in [0.5, 0.6) is 0 Å². The van der Waals surface area contributed by atoms with Crippen LogP contribution in [0.15, 0.2) is 41.1 Å². The van der Waals surface area contributed by atoms with Crippen LogP contribution in [0.2, 0.25) is 5.02 Å². The van der Waals surface area contributed by atoms with E-state index in [4.69, 9.17) is 11.6 Å². The summed E-state index contributed by atoms with van der Waals surface area (Å²) in [5.74, 6) is -0.207. The van der Waals surface area contributed by atoms with Gasteiger partial charge >= 0.3 is 0 Å². The molecular formula is C17H18BrClN4O. The van der Waals surface area contributed by atoms with Gasteiger partial charge in [-0.2, -0.15) is 0 Å². The summed E-state index contributed by atoms with van der Waals surface area (Å²) in [6.45, 7) is 3.82. The number of aromatic nitrogens is 1. The number of pyridine rings is 1. The van der Waals surface area contributed by atoms with Crippen molar-refractivity contribution in [2.24, 2.45) is 0 Å². The lowest BCUT2D eigenvalue weighted by Gasteiger charge is -2.35. The average molecular weight is 410 g/mol. The van der Waals surface area contributed by atoms with Gasteiger partial charge in [-0.05, 0) is 47.2 Å². The first-order valence-corrected chi connectivity index (χ1v) is 8.85. The van der Waals surface area contributed by atoms with Crippen molar-refractivity contribution in [2.45, 2.75) is 0 Å². The van der Waals surface area contributed by atoms with Gasteiger partial charge in [0, 0.05) is 48.1 Å². The number of benzene rings is 1. The van der Waals surface area contributed by atoms with Crippen LogP contribution in [0.1, 0.15) is 10.4 Å². The Labute approximate surface area is 154 Å². The number of halogens is 2. The van der Waals surface area contributed by atoms with E-state index in [1.807, 2.05) is 12.1 Å². The Bertz CT molecular complexity index is 747. The Balaban J connectivity index is 1.84. The van der Waals surface area contributed by atoms with Gasteiger partial charge < -0.3 is 15.1 Å². The number of carbonyl (C=O) groups is 1. The molecule has 1 aromatic carbocycles. The molecule has 1 aliphatic heterocycles. The number of hydrogen-bond donors (Lipinski definition) is 1. The standard InChI is InChI=1S/C17H18BrClN4O/c1-22-4-6-23(7-5-22)16-3-2-14(19)9-15(16)21-17(24)12-8-13(18)11-20-10-12/h2-3,8-11H,4-7H2,1H3,(H,21,24). The summed E-state index contributed by atoms with van der Waals surface area (Å²) in [4.78, 5) is 21.1.